The topological polar surface area (TPSA) is 21.7 Å². The summed E-state index contributed by atoms with van der Waals surface area (Å²) in [7, 11) is 1.79. The SMILES string of the molecule is CCOC1CC2CCC(C1)N2CCOC. The van der Waals surface area contributed by atoms with Crippen molar-refractivity contribution in [2.24, 2.45) is 0 Å². The molecule has 2 aliphatic rings. The molecule has 0 spiro atoms. The molecule has 3 nitrogen and oxygen atoms in total. The smallest absolute Gasteiger partial charge is 0.0604 e. The molecule has 0 amide bonds. The van der Waals surface area contributed by atoms with Crippen LogP contribution < -0.4 is 0 Å². The number of rotatable bonds is 5. The summed E-state index contributed by atoms with van der Waals surface area (Å²) in [6.45, 7) is 4.93. The van der Waals surface area contributed by atoms with Crippen LogP contribution >= 0.6 is 0 Å². The molecule has 0 aromatic rings. The largest absolute Gasteiger partial charge is 0.383 e. The summed E-state index contributed by atoms with van der Waals surface area (Å²) in [5, 5.41) is 0. The van der Waals surface area contributed by atoms with Gasteiger partial charge in [0.2, 0.25) is 0 Å². The van der Waals surface area contributed by atoms with E-state index in [1.54, 1.807) is 7.11 Å². The van der Waals surface area contributed by atoms with Crippen molar-refractivity contribution in [3.05, 3.63) is 0 Å². The Kier molecular flexibility index (Phi) is 4.00. The van der Waals surface area contributed by atoms with Gasteiger partial charge in [-0.15, -0.1) is 0 Å². The number of hydrogen-bond acceptors (Lipinski definition) is 3. The van der Waals surface area contributed by atoms with Crippen LogP contribution in [-0.4, -0.2) is 50.0 Å². The van der Waals surface area contributed by atoms with Crippen molar-refractivity contribution in [3.63, 3.8) is 0 Å². The lowest BCUT2D eigenvalue weighted by Gasteiger charge is -2.38. The first-order valence-corrected chi connectivity index (χ1v) is 6.21. The number of nitrogens with zero attached hydrogens (tertiary/aromatic N) is 1. The molecule has 3 heteroatoms. The Morgan fingerprint density at radius 3 is 2.40 bits per heavy atom. The Morgan fingerprint density at radius 2 is 1.87 bits per heavy atom. The fourth-order valence-corrected chi connectivity index (χ4v) is 3.16. The molecule has 0 aromatic heterocycles. The molecule has 0 aliphatic carbocycles. The van der Waals surface area contributed by atoms with Gasteiger partial charge in [0.05, 0.1) is 12.7 Å². The minimum atomic E-state index is 0.520. The van der Waals surface area contributed by atoms with Crippen molar-refractivity contribution >= 4 is 0 Å². The number of methoxy groups -OCH3 is 1. The van der Waals surface area contributed by atoms with E-state index in [1.165, 1.54) is 25.7 Å². The Bertz CT molecular complexity index is 184. The van der Waals surface area contributed by atoms with Crippen LogP contribution in [0.5, 0.6) is 0 Å². The average Bonchev–Trinajstić information content (AvgIpc) is 2.48. The highest BCUT2D eigenvalue weighted by atomic mass is 16.5. The molecular formula is C12H23NO2. The van der Waals surface area contributed by atoms with Gasteiger partial charge in [-0.3, -0.25) is 4.90 Å². The third-order valence-corrected chi connectivity index (χ3v) is 3.80. The van der Waals surface area contributed by atoms with Crippen LogP contribution in [0.25, 0.3) is 0 Å². The van der Waals surface area contributed by atoms with E-state index in [0.717, 1.165) is 31.8 Å². The summed E-state index contributed by atoms with van der Waals surface area (Å²) >= 11 is 0. The van der Waals surface area contributed by atoms with Crippen LogP contribution in [0.15, 0.2) is 0 Å². The Hall–Kier alpha value is -0.120. The van der Waals surface area contributed by atoms with E-state index in [0.29, 0.717) is 6.10 Å². The molecule has 2 rings (SSSR count). The molecule has 2 saturated heterocycles. The highest BCUT2D eigenvalue weighted by molar-refractivity contribution is 4.95. The van der Waals surface area contributed by atoms with Gasteiger partial charge in [-0.1, -0.05) is 0 Å². The fourth-order valence-electron chi connectivity index (χ4n) is 3.16. The maximum Gasteiger partial charge on any atom is 0.0604 e. The second-order valence-electron chi connectivity index (χ2n) is 4.66. The van der Waals surface area contributed by atoms with Crippen LogP contribution in [0, 0.1) is 0 Å². The predicted octanol–water partition coefficient (Wildman–Crippen LogP) is 1.66. The van der Waals surface area contributed by atoms with E-state index in [-0.39, 0.29) is 0 Å². The lowest BCUT2D eigenvalue weighted by Crippen LogP contribution is -2.46. The lowest BCUT2D eigenvalue weighted by molar-refractivity contribution is -0.0206. The quantitative estimate of drug-likeness (QED) is 0.693. The molecule has 0 saturated carbocycles. The predicted molar refractivity (Wildman–Crippen MR) is 60.0 cm³/mol. The van der Waals surface area contributed by atoms with Gasteiger partial charge in [0.25, 0.3) is 0 Å². The summed E-state index contributed by atoms with van der Waals surface area (Å²) in [6, 6.07) is 1.52. The van der Waals surface area contributed by atoms with Crippen LogP contribution in [0.3, 0.4) is 0 Å². The summed E-state index contributed by atoms with van der Waals surface area (Å²) in [5.74, 6) is 0. The first-order chi connectivity index (χ1) is 7.35. The maximum absolute atomic E-state index is 5.76. The highest BCUT2D eigenvalue weighted by Crippen LogP contribution is 2.36. The summed E-state index contributed by atoms with van der Waals surface area (Å²) in [5.41, 5.74) is 0. The van der Waals surface area contributed by atoms with E-state index >= 15 is 0 Å². The van der Waals surface area contributed by atoms with Crippen molar-refractivity contribution < 1.29 is 9.47 Å². The monoisotopic (exact) mass is 213 g/mol. The molecule has 0 N–H and O–H groups in total. The van der Waals surface area contributed by atoms with Crippen molar-refractivity contribution in [1.29, 1.82) is 0 Å². The van der Waals surface area contributed by atoms with Gasteiger partial charge in [0.1, 0.15) is 0 Å². The minimum absolute atomic E-state index is 0.520. The standard InChI is InChI=1S/C12H23NO2/c1-3-15-12-8-10-4-5-11(9-12)13(10)6-7-14-2/h10-12H,3-9H2,1-2H3. The number of piperidine rings is 1. The molecule has 2 heterocycles. The van der Waals surface area contributed by atoms with Crippen LogP contribution in [0.1, 0.15) is 32.6 Å². The molecule has 2 fully saturated rings. The molecule has 2 atom stereocenters. The van der Waals surface area contributed by atoms with Crippen LogP contribution in [0.2, 0.25) is 0 Å². The summed E-state index contributed by atoms with van der Waals surface area (Å²) in [6.07, 6.45) is 5.70. The Balaban J connectivity index is 1.86. The Morgan fingerprint density at radius 1 is 1.20 bits per heavy atom. The second kappa shape index (κ2) is 5.28. The summed E-state index contributed by atoms with van der Waals surface area (Å²) < 4.78 is 10.9. The third-order valence-electron chi connectivity index (χ3n) is 3.80. The highest BCUT2D eigenvalue weighted by Gasteiger charge is 2.40. The molecule has 0 aromatic carbocycles. The van der Waals surface area contributed by atoms with E-state index < -0.39 is 0 Å². The van der Waals surface area contributed by atoms with Crippen LogP contribution in [0.4, 0.5) is 0 Å². The zero-order chi connectivity index (χ0) is 10.7. The fraction of sp³-hybridized carbons (Fsp3) is 1.00. The van der Waals surface area contributed by atoms with Gasteiger partial charge < -0.3 is 9.47 Å². The maximum atomic E-state index is 5.76. The minimum Gasteiger partial charge on any atom is -0.383 e. The van der Waals surface area contributed by atoms with E-state index in [9.17, 15) is 0 Å². The molecule has 0 radical (unpaired) electrons. The van der Waals surface area contributed by atoms with Gasteiger partial charge in [0.15, 0.2) is 0 Å². The van der Waals surface area contributed by atoms with E-state index in [1.807, 2.05) is 0 Å². The lowest BCUT2D eigenvalue weighted by atomic mass is 10.00. The van der Waals surface area contributed by atoms with Crippen molar-refractivity contribution in [3.8, 4) is 0 Å². The molecular weight excluding hydrogens is 190 g/mol. The van der Waals surface area contributed by atoms with E-state index in [2.05, 4.69) is 11.8 Å². The van der Waals surface area contributed by atoms with Gasteiger partial charge in [-0.2, -0.15) is 0 Å². The van der Waals surface area contributed by atoms with Gasteiger partial charge in [0, 0.05) is 32.3 Å². The number of fused-ring (bicyclic) bond motifs is 2. The second-order valence-corrected chi connectivity index (χ2v) is 4.66. The molecule has 2 aliphatic heterocycles. The first kappa shape index (κ1) is 11.4. The van der Waals surface area contributed by atoms with Gasteiger partial charge in [-0.25, -0.2) is 0 Å². The Labute approximate surface area is 92.7 Å². The molecule has 2 bridgehead atoms. The molecule has 2 unspecified atom stereocenters. The first-order valence-electron chi connectivity index (χ1n) is 6.21. The van der Waals surface area contributed by atoms with E-state index in [4.69, 9.17) is 9.47 Å². The third kappa shape index (κ3) is 2.52. The number of ether oxygens (including phenoxy) is 2. The van der Waals surface area contributed by atoms with Crippen molar-refractivity contribution in [1.82, 2.24) is 4.90 Å². The normalized spacial score (nSPS) is 36.0. The number of hydrogen-bond donors (Lipinski definition) is 0. The van der Waals surface area contributed by atoms with Gasteiger partial charge in [-0.05, 0) is 32.6 Å². The van der Waals surface area contributed by atoms with Crippen molar-refractivity contribution in [2.45, 2.75) is 50.8 Å². The van der Waals surface area contributed by atoms with Crippen molar-refractivity contribution in [2.75, 3.05) is 26.9 Å². The average molecular weight is 213 g/mol. The zero-order valence-electron chi connectivity index (χ0n) is 9.95. The molecule has 88 valence electrons. The zero-order valence-corrected chi connectivity index (χ0v) is 9.95. The summed E-state index contributed by atoms with van der Waals surface area (Å²) in [4.78, 5) is 2.64. The molecule has 15 heavy (non-hydrogen) atoms. The van der Waals surface area contributed by atoms with Gasteiger partial charge >= 0.3 is 0 Å². The van der Waals surface area contributed by atoms with Crippen LogP contribution in [-0.2, 0) is 9.47 Å².